The van der Waals surface area contributed by atoms with Crippen LogP contribution in [0, 0.1) is 6.92 Å². The van der Waals surface area contributed by atoms with Crippen molar-refractivity contribution in [3.8, 4) is 11.4 Å². The molecule has 0 aliphatic heterocycles. The molecule has 20 heavy (non-hydrogen) atoms. The molecule has 0 spiro atoms. The fourth-order valence-electron chi connectivity index (χ4n) is 2.49. The van der Waals surface area contributed by atoms with Crippen molar-refractivity contribution in [2.75, 3.05) is 5.73 Å². The van der Waals surface area contributed by atoms with Gasteiger partial charge in [-0.15, -0.1) is 0 Å². The summed E-state index contributed by atoms with van der Waals surface area (Å²) in [4.78, 5) is 4.74. The highest BCUT2D eigenvalue weighted by Crippen LogP contribution is 2.31. The van der Waals surface area contributed by atoms with E-state index in [9.17, 15) is 0 Å². The summed E-state index contributed by atoms with van der Waals surface area (Å²) in [7, 11) is 0. The highest BCUT2D eigenvalue weighted by molar-refractivity contribution is 6.31. The average Bonchev–Trinajstić information content (AvgIpc) is 2.78. The average molecular weight is 286 g/mol. The maximum absolute atomic E-state index is 6.09. The molecule has 1 aromatic heterocycles. The molecule has 0 atom stereocenters. The van der Waals surface area contributed by atoms with Crippen molar-refractivity contribution >= 4 is 28.3 Å². The molecule has 3 rings (SSSR count). The zero-order chi connectivity index (χ0) is 14.3. The molecule has 102 valence electrons. The minimum Gasteiger partial charge on any atom is -0.398 e. The van der Waals surface area contributed by atoms with Gasteiger partial charge in [-0.25, -0.2) is 4.98 Å². The van der Waals surface area contributed by atoms with E-state index in [4.69, 9.17) is 22.3 Å². The first kappa shape index (κ1) is 13.0. The third kappa shape index (κ3) is 2.04. The summed E-state index contributed by atoms with van der Waals surface area (Å²) in [5, 5.41) is 0.667. The van der Waals surface area contributed by atoms with Crippen molar-refractivity contribution in [2.24, 2.45) is 0 Å². The Balaban J connectivity index is 2.32. The normalized spacial score (nSPS) is 11.2. The van der Waals surface area contributed by atoms with Crippen LogP contribution in [0.1, 0.15) is 12.5 Å². The van der Waals surface area contributed by atoms with E-state index >= 15 is 0 Å². The lowest BCUT2D eigenvalue weighted by Crippen LogP contribution is -2.00. The molecule has 0 fully saturated rings. The van der Waals surface area contributed by atoms with Crippen molar-refractivity contribution in [3.63, 3.8) is 0 Å². The van der Waals surface area contributed by atoms with Gasteiger partial charge in [0.25, 0.3) is 0 Å². The third-order valence-corrected chi connectivity index (χ3v) is 3.71. The number of nitrogens with two attached hydrogens (primary N) is 1. The third-order valence-electron chi connectivity index (χ3n) is 3.48. The Bertz CT molecular complexity index is 790. The fourth-order valence-corrected chi connectivity index (χ4v) is 2.66. The number of nitrogen functional groups attached to an aromatic ring is 1. The predicted octanol–water partition coefficient (Wildman–Crippen LogP) is 4.27. The molecule has 3 aromatic rings. The number of aromatic nitrogens is 2. The van der Waals surface area contributed by atoms with Gasteiger partial charge in [-0.3, -0.25) is 0 Å². The van der Waals surface area contributed by atoms with Gasteiger partial charge in [-0.1, -0.05) is 17.7 Å². The van der Waals surface area contributed by atoms with Crippen molar-refractivity contribution in [2.45, 2.75) is 20.4 Å². The van der Waals surface area contributed by atoms with Crippen molar-refractivity contribution in [1.29, 1.82) is 0 Å². The molecule has 4 heteroatoms. The number of halogens is 1. The molecule has 2 N–H and O–H groups in total. The minimum absolute atomic E-state index is 0.667. The molecule has 1 heterocycles. The van der Waals surface area contributed by atoms with Crippen LogP contribution in [-0.4, -0.2) is 9.55 Å². The van der Waals surface area contributed by atoms with E-state index in [2.05, 4.69) is 36.6 Å². The molecule has 0 aliphatic carbocycles. The van der Waals surface area contributed by atoms with Gasteiger partial charge < -0.3 is 10.3 Å². The summed E-state index contributed by atoms with van der Waals surface area (Å²) in [6.45, 7) is 5.00. The van der Waals surface area contributed by atoms with E-state index in [-0.39, 0.29) is 0 Å². The highest BCUT2D eigenvalue weighted by Gasteiger charge is 2.14. The second-order valence-corrected chi connectivity index (χ2v) is 5.34. The predicted molar refractivity (Wildman–Crippen MR) is 85.0 cm³/mol. The first-order valence-electron chi connectivity index (χ1n) is 6.62. The van der Waals surface area contributed by atoms with E-state index in [1.54, 1.807) is 6.07 Å². The molecule has 0 radical (unpaired) electrons. The Morgan fingerprint density at radius 3 is 2.75 bits per heavy atom. The van der Waals surface area contributed by atoms with E-state index in [0.717, 1.165) is 29.0 Å². The SMILES string of the molecule is CCn1c(-c2cc(Cl)ccc2N)nc2cc(C)ccc21. The quantitative estimate of drug-likeness (QED) is 0.715. The van der Waals surface area contributed by atoms with Crippen molar-refractivity contribution in [3.05, 3.63) is 47.0 Å². The Kier molecular flexibility index (Phi) is 3.14. The van der Waals surface area contributed by atoms with Crippen LogP contribution in [0.5, 0.6) is 0 Å². The number of fused-ring (bicyclic) bond motifs is 1. The first-order chi connectivity index (χ1) is 9.60. The number of hydrogen-bond acceptors (Lipinski definition) is 2. The van der Waals surface area contributed by atoms with Crippen LogP contribution < -0.4 is 5.73 Å². The Morgan fingerprint density at radius 2 is 2.00 bits per heavy atom. The summed E-state index contributed by atoms with van der Waals surface area (Å²) >= 11 is 6.09. The number of benzene rings is 2. The molecule has 0 aliphatic rings. The summed E-state index contributed by atoms with van der Waals surface area (Å²) in [5.41, 5.74) is 11.0. The molecular weight excluding hydrogens is 270 g/mol. The second-order valence-electron chi connectivity index (χ2n) is 4.90. The highest BCUT2D eigenvalue weighted by atomic mass is 35.5. The van der Waals surface area contributed by atoms with Crippen LogP contribution in [0.25, 0.3) is 22.4 Å². The summed E-state index contributed by atoms with van der Waals surface area (Å²) in [6, 6.07) is 11.8. The number of rotatable bonds is 2. The van der Waals surface area contributed by atoms with E-state index in [1.165, 1.54) is 5.56 Å². The van der Waals surface area contributed by atoms with Gasteiger partial charge in [0, 0.05) is 22.8 Å². The molecule has 3 nitrogen and oxygen atoms in total. The number of anilines is 1. The first-order valence-corrected chi connectivity index (χ1v) is 7.00. The number of nitrogens with zero attached hydrogens (tertiary/aromatic N) is 2. The van der Waals surface area contributed by atoms with Gasteiger partial charge in [-0.05, 0) is 49.7 Å². The lowest BCUT2D eigenvalue weighted by atomic mass is 10.1. The van der Waals surface area contributed by atoms with Crippen LogP contribution in [-0.2, 0) is 6.54 Å². The van der Waals surface area contributed by atoms with Gasteiger partial charge in [0.05, 0.1) is 11.0 Å². The fraction of sp³-hybridized carbons (Fsp3) is 0.188. The zero-order valence-electron chi connectivity index (χ0n) is 11.5. The molecular formula is C16H16ClN3. The molecule has 0 saturated heterocycles. The molecule has 0 unspecified atom stereocenters. The minimum atomic E-state index is 0.667. The largest absolute Gasteiger partial charge is 0.398 e. The van der Waals surface area contributed by atoms with Crippen LogP contribution in [0.15, 0.2) is 36.4 Å². The van der Waals surface area contributed by atoms with Gasteiger partial charge >= 0.3 is 0 Å². The van der Waals surface area contributed by atoms with Gasteiger partial charge in [0.15, 0.2) is 0 Å². The van der Waals surface area contributed by atoms with E-state index in [1.807, 2.05) is 12.1 Å². The van der Waals surface area contributed by atoms with Crippen LogP contribution >= 0.6 is 11.6 Å². The van der Waals surface area contributed by atoms with E-state index < -0.39 is 0 Å². The summed E-state index contributed by atoms with van der Waals surface area (Å²) < 4.78 is 2.16. The Labute approximate surface area is 123 Å². The molecule has 0 bridgehead atoms. The lowest BCUT2D eigenvalue weighted by Gasteiger charge is -2.09. The van der Waals surface area contributed by atoms with Crippen LogP contribution in [0.4, 0.5) is 5.69 Å². The summed E-state index contributed by atoms with van der Waals surface area (Å²) in [6.07, 6.45) is 0. The topological polar surface area (TPSA) is 43.8 Å². The summed E-state index contributed by atoms with van der Waals surface area (Å²) in [5.74, 6) is 0.869. The van der Waals surface area contributed by atoms with Gasteiger partial charge in [0.2, 0.25) is 0 Å². The van der Waals surface area contributed by atoms with Gasteiger partial charge in [0.1, 0.15) is 5.82 Å². The number of imidazole rings is 1. The Hall–Kier alpha value is -2.00. The van der Waals surface area contributed by atoms with Crippen LogP contribution in [0.3, 0.4) is 0 Å². The molecule has 0 saturated carbocycles. The van der Waals surface area contributed by atoms with Crippen LogP contribution in [0.2, 0.25) is 5.02 Å². The lowest BCUT2D eigenvalue weighted by molar-refractivity contribution is 0.796. The monoisotopic (exact) mass is 285 g/mol. The van der Waals surface area contributed by atoms with E-state index in [0.29, 0.717) is 10.7 Å². The van der Waals surface area contributed by atoms with Gasteiger partial charge in [-0.2, -0.15) is 0 Å². The van der Waals surface area contributed by atoms with Crippen molar-refractivity contribution < 1.29 is 0 Å². The zero-order valence-corrected chi connectivity index (χ0v) is 12.3. The maximum atomic E-state index is 6.09. The Morgan fingerprint density at radius 1 is 1.20 bits per heavy atom. The number of hydrogen-bond donors (Lipinski definition) is 1. The second kappa shape index (κ2) is 4.84. The smallest absolute Gasteiger partial charge is 0.143 e. The molecule has 2 aromatic carbocycles. The maximum Gasteiger partial charge on any atom is 0.143 e. The molecule has 0 amide bonds. The van der Waals surface area contributed by atoms with Crippen molar-refractivity contribution in [1.82, 2.24) is 9.55 Å². The number of aryl methyl sites for hydroxylation is 2. The standard InChI is InChI=1S/C16H16ClN3/c1-3-20-15-7-4-10(2)8-14(15)19-16(20)12-9-11(17)5-6-13(12)18/h4-9H,3,18H2,1-2H3.